The molecule has 0 aromatic carbocycles. The highest BCUT2D eigenvalue weighted by Gasteiger charge is 2.51. The van der Waals surface area contributed by atoms with Crippen molar-refractivity contribution >= 4 is 0 Å². The minimum absolute atomic E-state index is 0.0783. The van der Waals surface area contributed by atoms with Gasteiger partial charge in [0.2, 0.25) is 6.17 Å². The van der Waals surface area contributed by atoms with E-state index in [4.69, 9.17) is 0 Å². The van der Waals surface area contributed by atoms with Crippen molar-refractivity contribution < 1.29 is 26.3 Å². The fraction of sp³-hybridized carbons (Fsp3) is 0.667. The van der Waals surface area contributed by atoms with E-state index in [1.807, 2.05) is 0 Å². The highest BCUT2D eigenvalue weighted by Crippen LogP contribution is 2.32. The SMILES string of the molecule is C=CC(F)C(F)(F)C(F)C(F)F. The van der Waals surface area contributed by atoms with Crippen LogP contribution in [0.2, 0.25) is 0 Å². The van der Waals surface area contributed by atoms with Gasteiger partial charge < -0.3 is 0 Å². The molecule has 72 valence electrons. The number of hydrogen-bond donors (Lipinski definition) is 0. The maximum Gasteiger partial charge on any atom is 0.318 e. The van der Waals surface area contributed by atoms with Gasteiger partial charge in [0.1, 0.15) is 0 Å². The first-order valence-electron chi connectivity index (χ1n) is 2.90. The molecule has 0 aliphatic rings. The van der Waals surface area contributed by atoms with Crippen molar-refractivity contribution in [1.29, 1.82) is 0 Å². The quantitative estimate of drug-likeness (QED) is 0.474. The zero-order valence-electron chi connectivity index (χ0n) is 5.78. The third-order valence-electron chi connectivity index (χ3n) is 1.16. The zero-order valence-corrected chi connectivity index (χ0v) is 5.78. The van der Waals surface area contributed by atoms with Crippen LogP contribution in [0.15, 0.2) is 12.7 Å². The van der Waals surface area contributed by atoms with E-state index in [-0.39, 0.29) is 6.08 Å². The average Bonchev–Trinajstić information content (AvgIpc) is 2.01. The van der Waals surface area contributed by atoms with Crippen LogP contribution in [0, 0.1) is 0 Å². The standard InChI is InChI=1S/C6H6F6/c1-2-3(7)6(11,12)4(8)5(9)10/h2-5H,1H2. The van der Waals surface area contributed by atoms with Gasteiger partial charge in [-0.2, -0.15) is 8.78 Å². The lowest BCUT2D eigenvalue weighted by Crippen LogP contribution is -2.42. The van der Waals surface area contributed by atoms with Gasteiger partial charge in [-0.1, -0.05) is 12.7 Å². The molecule has 0 saturated carbocycles. The van der Waals surface area contributed by atoms with Crippen molar-refractivity contribution in [1.82, 2.24) is 0 Å². The summed E-state index contributed by atoms with van der Waals surface area (Å²) in [6, 6.07) is 0. The largest absolute Gasteiger partial charge is 0.318 e. The average molecular weight is 192 g/mol. The molecule has 6 heteroatoms. The Morgan fingerprint density at radius 1 is 1.08 bits per heavy atom. The number of halogens is 6. The molecule has 0 amide bonds. The number of rotatable bonds is 4. The fourth-order valence-electron chi connectivity index (χ4n) is 0.477. The van der Waals surface area contributed by atoms with Gasteiger partial charge in [-0.25, -0.2) is 17.6 Å². The van der Waals surface area contributed by atoms with Crippen molar-refractivity contribution in [3.05, 3.63) is 12.7 Å². The number of hydrogen-bond acceptors (Lipinski definition) is 0. The Morgan fingerprint density at radius 2 is 1.50 bits per heavy atom. The van der Waals surface area contributed by atoms with Crippen LogP contribution in [-0.2, 0) is 0 Å². The maximum absolute atomic E-state index is 12.2. The summed E-state index contributed by atoms with van der Waals surface area (Å²) in [4.78, 5) is 0. The van der Waals surface area contributed by atoms with Crippen LogP contribution in [0.3, 0.4) is 0 Å². The second-order valence-electron chi connectivity index (χ2n) is 2.05. The molecule has 0 nitrogen and oxygen atoms in total. The first-order chi connectivity index (χ1) is 5.34. The summed E-state index contributed by atoms with van der Waals surface area (Å²) in [6.45, 7) is 2.60. The summed E-state index contributed by atoms with van der Waals surface area (Å²) in [7, 11) is 0. The molecule has 0 radical (unpaired) electrons. The van der Waals surface area contributed by atoms with E-state index in [0.29, 0.717) is 0 Å². The Hall–Kier alpha value is -0.680. The van der Waals surface area contributed by atoms with E-state index in [1.165, 1.54) is 0 Å². The molecule has 0 heterocycles. The number of allylic oxidation sites excluding steroid dienone is 1. The van der Waals surface area contributed by atoms with E-state index in [9.17, 15) is 26.3 Å². The Kier molecular flexibility index (Phi) is 3.60. The van der Waals surface area contributed by atoms with Crippen molar-refractivity contribution in [2.24, 2.45) is 0 Å². The third kappa shape index (κ3) is 2.15. The predicted octanol–water partition coefficient (Wildman–Crippen LogP) is 2.75. The predicted molar refractivity (Wildman–Crippen MR) is 30.9 cm³/mol. The van der Waals surface area contributed by atoms with Crippen LogP contribution in [0.4, 0.5) is 26.3 Å². The topological polar surface area (TPSA) is 0 Å². The second-order valence-corrected chi connectivity index (χ2v) is 2.05. The van der Waals surface area contributed by atoms with Crippen molar-refractivity contribution in [2.75, 3.05) is 0 Å². The molecule has 0 spiro atoms. The van der Waals surface area contributed by atoms with Gasteiger partial charge in [0.15, 0.2) is 6.17 Å². The highest BCUT2D eigenvalue weighted by molar-refractivity contribution is 4.95. The van der Waals surface area contributed by atoms with Crippen LogP contribution in [0.25, 0.3) is 0 Å². The first kappa shape index (κ1) is 11.3. The Balaban J connectivity index is 4.47. The lowest BCUT2D eigenvalue weighted by atomic mass is 10.1. The fourth-order valence-corrected chi connectivity index (χ4v) is 0.477. The molecule has 0 rings (SSSR count). The van der Waals surface area contributed by atoms with E-state index < -0.39 is 24.7 Å². The van der Waals surface area contributed by atoms with Gasteiger partial charge >= 0.3 is 5.92 Å². The van der Waals surface area contributed by atoms with Crippen LogP contribution in [0.1, 0.15) is 0 Å². The zero-order chi connectivity index (χ0) is 9.94. The van der Waals surface area contributed by atoms with E-state index in [2.05, 4.69) is 6.58 Å². The summed E-state index contributed by atoms with van der Waals surface area (Å²) in [6.07, 6.45) is -10.7. The molecular weight excluding hydrogens is 186 g/mol. The molecule has 0 aliphatic heterocycles. The lowest BCUT2D eigenvalue weighted by Gasteiger charge is -2.21. The number of alkyl halides is 6. The molecular formula is C6H6F6. The molecule has 0 aliphatic carbocycles. The summed E-state index contributed by atoms with van der Waals surface area (Å²) < 4.78 is 71.1. The smallest absolute Gasteiger partial charge is 0.236 e. The van der Waals surface area contributed by atoms with Gasteiger partial charge in [0.25, 0.3) is 6.43 Å². The van der Waals surface area contributed by atoms with Crippen LogP contribution >= 0.6 is 0 Å². The molecule has 2 unspecified atom stereocenters. The van der Waals surface area contributed by atoms with Gasteiger partial charge in [0.05, 0.1) is 0 Å². The lowest BCUT2D eigenvalue weighted by molar-refractivity contribution is -0.154. The molecule has 0 aromatic heterocycles. The summed E-state index contributed by atoms with van der Waals surface area (Å²) >= 11 is 0. The Bertz CT molecular complexity index is 154. The molecule has 0 fully saturated rings. The van der Waals surface area contributed by atoms with Gasteiger partial charge in [-0.05, 0) is 0 Å². The monoisotopic (exact) mass is 192 g/mol. The maximum atomic E-state index is 12.2. The van der Waals surface area contributed by atoms with Gasteiger partial charge in [-0.3, -0.25) is 0 Å². The first-order valence-corrected chi connectivity index (χ1v) is 2.90. The summed E-state index contributed by atoms with van der Waals surface area (Å²) in [5, 5.41) is 0. The van der Waals surface area contributed by atoms with Crippen LogP contribution in [0.5, 0.6) is 0 Å². The summed E-state index contributed by atoms with van der Waals surface area (Å²) in [5.41, 5.74) is 0. The highest BCUT2D eigenvalue weighted by atomic mass is 19.3. The van der Waals surface area contributed by atoms with Crippen molar-refractivity contribution in [3.63, 3.8) is 0 Å². The molecule has 2 atom stereocenters. The molecule has 12 heavy (non-hydrogen) atoms. The minimum atomic E-state index is -4.71. The molecule has 0 aromatic rings. The Morgan fingerprint density at radius 3 is 1.75 bits per heavy atom. The molecule has 0 bridgehead atoms. The normalized spacial score (nSPS) is 17.6. The van der Waals surface area contributed by atoms with Crippen LogP contribution < -0.4 is 0 Å². The van der Waals surface area contributed by atoms with E-state index >= 15 is 0 Å². The van der Waals surface area contributed by atoms with E-state index in [0.717, 1.165) is 0 Å². The molecule has 0 N–H and O–H groups in total. The van der Waals surface area contributed by atoms with Crippen molar-refractivity contribution in [2.45, 2.75) is 24.7 Å². The second kappa shape index (κ2) is 3.82. The van der Waals surface area contributed by atoms with Crippen LogP contribution in [-0.4, -0.2) is 24.7 Å². The van der Waals surface area contributed by atoms with Gasteiger partial charge in [0, 0.05) is 0 Å². The third-order valence-corrected chi connectivity index (χ3v) is 1.16. The van der Waals surface area contributed by atoms with E-state index in [1.54, 1.807) is 0 Å². The van der Waals surface area contributed by atoms with Crippen molar-refractivity contribution in [3.8, 4) is 0 Å². The minimum Gasteiger partial charge on any atom is -0.236 e. The van der Waals surface area contributed by atoms with Gasteiger partial charge in [-0.15, -0.1) is 0 Å². The molecule has 0 saturated heterocycles. The Labute approximate surface area is 64.9 Å². The summed E-state index contributed by atoms with van der Waals surface area (Å²) in [5.74, 6) is -4.71.